The fraction of sp³-hybridized carbons (Fsp3) is 0.250. The molecule has 0 fully saturated rings. The molecular weight excluding hydrogens is 230 g/mol. The molecule has 0 aliphatic rings. The molecule has 2 rings (SSSR count). The molecule has 3 N–H and O–H groups in total. The van der Waals surface area contributed by atoms with E-state index in [1.165, 1.54) is 0 Å². The summed E-state index contributed by atoms with van der Waals surface area (Å²) in [5.41, 5.74) is 1.21. The molecule has 94 valence electrons. The predicted octanol–water partition coefficient (Wildman–Crippen LogP) is 1.34. The Labute approximate surface area is 105 Å². The topological polar surface area (TPSA) is 82.7 Å². The smallest absolute Gasteiger partial charge is 0.269 e. The highest BCUT2D eigenvalue weighted by Crippen LogP contribution is 2.16. The minimum atomic E-state index is -0.204. The van der Waals surface area contributed by atoms with Gasteiger partial charge in [-0.15, -0.1) is 0 Å². The van der Waals surface area contributed by atoms with Gasteiger partial charge in [-0.1, -0.05) is 0 Å². The molecule has 18 heavy (non-hydrogen) atoms. The van der Waals surface area contributed by atoms with Gasteiger partial charge in [-0.25, -0.2) is 4.98 Å². The highest BCUT2D eigenvalue weighted by Gasteiger charge is 2.09. The fourth-order valence-corrected chi connectivity index (χ4v) is 1.61. The summed E-state index contributed by atoms with van der Waals surface area (Å²) in [5.74, 6) is 0.637. The van der Waals surface area contributed by atoms with E-state index in [2.05, 4.69) is 25.6 Å². The fourth-order valence-electron chi connectivity index (χ4n) is 1.61. The number of nitrogens with zero attached hydrogens (tertiary/aromatic N) is 2. The maximum Gasteiger partial charge on any atom is 0.269 e. The lowest BCUT2D eigenvalue weighted by atomic mass is 10.2. The van der Waals surface area contributed by atoms with Crippen LogP contribution in [0.2, 0.25) is 0 Å². The molecule has 0 aromatic carbocycles. The summed E-state index contributed by atoms with van der Waals surface area (Å²) < 4.78 is 0. The van der Waals surface area contributed by atoms with E-state index < -0.39 is 0 Å². The maximum absolute atomic E-state index is 11.5. The number of aromatic amines is 1. The molecule has 6 nitrogen and oxygen atoms in total. The number of carbonyl (C=O) groups is 1. The number of anilines is 1. The lowest BCUT2D eigenvalue weighted by molar-refractivity contribution is 0.0958. The van der Waals surface area contributed by atoms with Crippen LogP contribution >= 0.6 is 0 Å². The number of H-pyrrole nitrogens is 1. The number of aromatic nitrogens is 3. The monoisotopic (exact) mass is 245 g/mol. The molecule has 0 spiro atoms. The number of rotatable bonds is 4. The average molecular weight is 245 g/mol. The zero-order valence-electron chi connectivity index (χ0n) is 10.3. The Morgan fingerprint density at radius 2 is 2.22 bits per heavy atom. The summed E-state index contributed by atoms with van der Waals surface area (Å²) in [5, 5.41) is 5.79. The molecule has 0 aliphatic carbocycles. The van der Waals surface area contributed by atoms with E-state index in [1.807, 2.05) is 13.0 Å². The van der Waals surface area contributed by atoms with Crippen LogP contribution in [0.15, 0.2) is 30.7 Å². The SMILES string of the molecule is CNC(=O)c1cc(NC(C)c2ncc[nH]2)ccn1. The van der Waals surface area contributed by atoms with Crippen LogP contribution in [0.25, 0.3) is 0 Å². The zero-order valence-corrected chi connectivity index (χ0v) is 10.3. The normalized spacial score (nSPS) is 11.9. The first-order valence-corrected chi connectivity index (χ1v) is 5.64. The van der Waals surface area contributed by atoms with E-state index in [1.54, 1.807) is 31.7 Å². The number of hydrogen-bond donors (Lipinski definition) is 3. The molecule has 0 radical (unpaired) electrons. The van der Waals surface area contributed by atoms with Gasteiger partial charge in [0.25, 0.3) is 5.91 Å². The number of nitrogens with one attached hydrogen (secondary N) is 3. The Morgan fingerprint density at radius 3 is 2.89 bits per heavy atom. The molecule has 6 heteroatoms. The van der Waals surface area contributed by atoms with Gasteiger partial charge in [-0.2, -0.15) is 0 Å². The highest BCUT2D eigenvalue weighted by molar-refractivity contribution is 5.92. The van der Waals surface area contributed by atoms with Gasteiger partial charge in [0.15, 0.2) is 0 Å². The molecule has 0 aliphatic heterocycles. The number of pyridine rings is 1. The molecule has 2 heterocycles. The van der Waals surface area contributed by atoms with E-state index in [4.69, 9.17) is 0 Å². The first-order valence-electron chi connectivity index (χ1n) is 5.64. The van der Waals surface area contributed by atoms with Gasteiger partial charge >= 0.3 is 0 Å². The van der Waals surface area contributed by atoms with E-state index >= 15 is 0 Å². The van der Waals surface area contributed by atoms with Crippen molar-refractivity contribution >= 4 is 11.6 Å². The van der Waals surface area contributed by atoms with E-state index in [0.717, 1.165) is 11.5 Å². The van der Waals surface area contributed by atoms with E-state index in [-0.39, 0.29) is 11.9 Å². The number of imidazole rings is 1. The Hall–Kier alpha value is -2.37. The maximum atomic E-state index is 11.5. The molecule has 2 aromatic rings. The molecule has 1 amide bonds. The lowest BCUT2D eigenvalue weighted by Crippen LogP contribution is -2.19. The van der Waals surface area contributed by atoms with Crippen molar-refractivity contribution in [1.29, 1.82) is 0 Å². The van der Waals surface area contributed by atoms with Gasteiger partial charge in [0.05, 0.1) is 6.04 Å². The Kier molecular flexibility index (Phi) is 3.57. The third kappa shape index (κ3) is 2.65. The second-order valence-electron chi connectivity index (χ2n) is 3.85. The summed E-state index contributed by atoms with van der Waals surface area (Å²) in [6, 6.07) is 3.55. The molecule has 0 saturated carbocycles. The Morgan fingerprint density at radius 1 is 1.39 bits per heavy atom. The predicted molar refractivity (Wildman–Crippen MR) is 68.3 cm³/mol. The average Bonchev–Trinajstić information content (AvgIpc) is 2.92. The van der Waals surface area contributed by atoms with Gasteiger partial charge in [0, 0.05) is 31.3 Å². The number of carbonyl (C=O) groups excluding carboxylic acids is 1. The van der Waals surface area contributed by atoms with Gasteiger partial charge in [0.2, 0.25) is 0 Å². The van der Waals surface area contributed by atoms with Crippen LogP contribution in [0.4, 0.5) is 5.69 Å². The van der Waals surface area contributed by atoms with E-state index in [0.29, 0.717) is 5.69 Å². The van der Waals surface area contributed by atoms with Crippen molar-refractivity contribution in [2.75, 3.05) is 12.4 Å². The first kappa shape index (κ1) is 12.1. The molecule has 1 atom stereocenters. The van der Waals surface area contributed by atoms with Crippen LogP contribution in [0.3, 0.4) is 0 Å². The quantitative estimate of drug-likeness (QED) is 0.759. The van der Waals surface area contributed by atoms with Crippen LogP contribution in [0.1, 0.15) is 29.3 Å². The molecule has 2 aromatic heterocycles. The van der Waals surface area contributed by atoms with E-state index in [9.17, 15) is 4.79 Å². The second-order valence-corrected chi connectivity index (χ2v) is 3.85. The van der Waals surface area contributed by atoms with Gasteiger partial charge in [-0.05, 0) is 19.1 Å². The van der Waals surface area contributed by atoms with Crippen molar-refractivity contribution in [2.45, 2.75) is 13.0 Å². The molecule has 1 unspecified atom stereocenters. The zero-order chi connectivity index (χ0) is 13.0. The third-order valence-corrected chi connectivity index (χ3v) is 2.53. The molecular formula is C12H15N5O. The van der Waals surface area contributed by atoms with Crippen LogP contribution in [0, 0.1) is 0 Å². The van der Waals surface area contributed by atoms with Gasteiger partial charge < -0.3 is 15.6 Å². The molecule has 0 saturated heterocycles. The minimum Gasteiger partial charge on any atom is -0.375 e. The molecule has 0 bridgehead atoms. The van der Waals surface area contributed by atoms with Crippen molar-refractivity contribution in [3.8, 4) is 0 Å². The van der Waals surface area contributed by atoms with Crippen LogP contribution < -0.4 is 10.6 Å². The second kappa shape index (κ2) is 5.31. The number of hydrogen-bond acceptors (Lipinski definition) is 4. The van der Waals surface area contributed by atoms with Crippen LogP contribution in [0.5, 0.6) is 0 Å². The Balaban J connectivity index is 2.12. The first-order chi connectivity index (χ1) is 8.70. The summed E-state index contributed by atoms with van der Waals surface area (Å²) in [7, 11) is 1.58. The summed E-state index contributed by atoms with van der Waals surface area (Å²) >= 11 is 0. The number of amides is 1. The van der Waals surface area contributed by atoms with Crippen molar-refractivity contribution in [3.05, 3.63) is 42.2 Å². The van der Waals surface area contributed by atoms with Crippen molar-refractivity contribution in [2.24, 2.45) is 0 Å². The highest BCUT2D eigenvalue weighted by atomic mass is 16.1. The van der Waals surface area contributed by atoms with Gasteiger partial charge in [0.1, 0.15) is 11.5 Å². The van der Waals surface area contributed by atoms with Crippen LogP contribution in [-0.2, 0) is 0 Å². The largest absolute Gasteiger partial charge is 0.375 e. The summed E-state index contributed by atoms with van der Waals surface area (Å²) in [6.07, 6.45) is 5.08. The minimum absolute atomic E-state index is 0.0277. The van der Waals surface area contributed by atoms with Crippen molar-refractivity contribution in [3.63, 3.8) is 0 Å². The van der Waals surface area contributed by atoms with Crippen molar-refractivity contribution in [1.82, 2.24) is 20.3 Å². The standard InChI is InChI=1S/C12H15N5O/c1-8(11-15-5-6-16-11)17-9-3-4-14-10(7-9)12(18)13-2/h3-8H,1-2H3,(H,13,18)(H,14,17)(H,15,16). The third-order valence-electron chi connectivity index (χ3n) is 2.53. The Bertz CT molecular complexity index is 523. The lowest BCUT2D eigenvalue weighted by Gasteiger charge is -2.13. The summed E-state index contributed by atoms with van der Waals surface area (Å²) in [4.78, 5) is 22.7. The van der Waals surface area contributed by atoms with Gasteiger partial charge in [-0.3, -0.25) is 9.78 Å². The van der Waals surface area contributed by atoms with Crippen molar-refractivity contribution < 1.29 is 4.79 Å². The van der Waals surface area contributed by atoms with Crippen LogP contribution in [-0.4, -0.2) is 27.9 Å². The summed E-state index contributed by atoms with van der Waals surface area (Å²) in [6.45, 7) is 1.98.